The quantitative estimate of drug-likeness (QED) is 0.759. The highest BCUT2D eigenvalue weighted by Gasteiger charge is 2.18. The monoisotopic (exact) mass is 291 g/mol. The lowest BCUT2D eigenvalue weighted by Gasteiger charge is -2.16. The van der Waals surface area contributed by atoms with E-state index in [1.165, 1.54) is 21.3 Å². The lowest BCUT2D eigenvalue weighted by molar-refractivity contribution is -0.00342. The first-order chi connectivity index (χ1) is 9.54. The Balaban J connectivity index is 2.80. The molecule has 0 aliphatic rings. The van der Waals surface area contributed by atoms with Crippen LogP contribution < -0.4 is 19.5 Å². The SMILES string of the molecule is COc1ccc(CNCC(O)C(F)F)c(OC)c1OC. The summed E-state index contributed by atoms with van der Waals surface area (Å²) < 4.78 is 40.0. The molecule has 0 saturated heterocycles. The van der Waals surface area contributed by atoms with E-state index in [4.69, 9.17) is 19.3 Å². The van der Waals surface area contributed by atoms with Crippen LogP contribution in [0.15, 0.2) is 12.1 Å². The van der Waals surface area contributed by atoms with Crippen LogP contribution in [-0.4, -0.2) is 45.5 Å². The zero-order valence-corrected chi connectivity index (χ0v) is 11.7. The van der Waals surface area contributed by atoms with Gasteiger partial charge in [0.15, 0.2) is 11.5 Å². The van der Waals surface area contributed by atoms with E-state index < -0.39 is 12.5 Å². The maximum Gasteiger partial charge on any atom is 0.265 e. The molecule has 7 heteroatoms. The Kier molecular flexibility index (Phi) is 6.47. The molecule has 0 radical (unpaired) electrons. The van der Waals surface area contributed by atoms with Gasteiger partial charge in [-0.15, -0.1) is 0 Å². The van der Waals surface area contributed by atoms with Crippen LogP contribution in [0, 0.1) is 0 Å². The van der Waals surface area contributed by atoms with Crippen LogP contribution in [0.3, 0.4) is 0 Å². The van der Waals surface area contributed by atoms with E-state index in [9.17, 15) is 8.78 Å². The molecule has 0 aliphatic heterocycles. The Morgan fingerprint density at radius 3 is 2.25 bits per heavy atom. The Hall–Kier alpha value is -1.60. The van der Waals surface area contributed by atoms with Gasteiger partial charge in [-0.05, 0) is 6.07 Å². The van der Waals surface area contributed by atoms with Crippen LogP contribution in [0.5, 0.6) is 17.2 Å². The van der Waals surface area contributed by atoms with Crippen LogP contribution in [0.4, 0.5) is 8.78 Å². The van der Waals surface area contributed by atoms with Crippen molar-refractivity contribution in [3.05, 3.63) is 17.7 Å². The summed E-state index contributed by atoms with van der Waals surface area (Å²) in [6, 6.07) is 3.43. The Morgan fingerprint density at radius 1 is 1.10 bits per heavy atom. The minimum absolute atomic E-state index is 0.213. The molecule has 0 heterocycles. The van der Waals surface area contributed by atoms with Crippen molar-refractivity contribution in [2.45, 2.75) is 19.1 Å². The van der Waals surface area contributed by atoms with Crippen molar-refractivity contribution in [1.29, 1.82) is 0 Å². The summed E-state index contributed by atoms with van der Waals surface area (Å²) >= 11 is 0. The van der Waals surface area contributed by atoms with Crippen LogP contribution in [0.1, 0.15) is 5.56 Å². The van der Waals surface area contributed by atoms with E-state index in [1.54, 1.807) is 12.1 Å². The van der Waals surface area contributed by atoms with E-state index in [0.29, 0.717) is 22.8 Å². The van der Waals surface area contributed by atoms with Crippen LogP contribution in [0.2, 0.25) is 0 Å². The standard InChI is InChI=1S/C13H19F2NO4/c1-18-10-5-4-8(11(19-2)12(10)20-3)6-16-7-9(17)13(14)15/h4-5,9,13,16-17H,6-7H2,1-3H3. The number of ether oxygens (including phenoxy) is 3. The van der Waals surface area contributed by atoms with Crippen molar-refractivity contribution in [2.75, 3.05) is 27.9 Å². The molecular weight excluding hydrogens is 272 g/mol. The fourth-order valence-corrected chi connectivity index (χ4v) is 1.75. The van der Waals surface area contributed by atoms with Gasteiger partial charge in [-0.25, -0.2) is 8.78 Å². The molecule has 1 unspecified atom stereocenters. The van der Waals surface area contributed by atoms with Crippen LogP contribution in [-0.2, 0) is 6.54 Å². The maximum absolute atomic E-state index is 12.2. The number of rotatable bonds is 8. The summed E-state index contributed by atoms with van der Waals surface area (Å²) in [5, 5.41) is 11.8. The molecule has 114 valence electrons. The molecular formula is C13H19F2NO4. The molecule has 0 spiro atoms. The van der Waals surface area contributed by atoms with Gasteiger partial charge in [0.05, 0.1) is 21.3 Å². The minimum atomic E-state index is -2.77. The second kappa shape index (κ2) is 7.86. The van der Waals surface area contributed by atoms with Gasteiger partial charge in [0.2, 0.25) is 5.75 Å². The first-order valence-corrected chi connectivity index (χ1v) is 5.99. The third kappa shape index (κ3) is 3.94. The lowest BCUT2D eigenvalue weighted by Crippen LogP contribution is -2.31. The summed E-state index contributed by atoms with van der Waals surface area (Å²) in [5.74, 6) is 1.41. The van der Waals surface area contributed by atoms with Crippen molar-refractivity contribution in [3.8, 4) is 17.2 Å². The van der Waals surface area contributed by atoms with E-state index in [2.05, 4.69) is 5.32 Å². The summed E-state index contributed by atoms with van der Waals surface area (Å²) in [5.41, 5.74) is 0.714. The van der Waals surface area contributed by atoms with Crippen molar-refractivity contribution in [2.24, 2.45) is 0 Å². The van der Waals surface area contributed by atoms with Crippen molar-refractivity contribution < 1.29 is 28.1 Å². The Labute approximate surface area is 116 Å². The second-order valence-corrected chi connectivity index (χ2v) is 4.03. The van der Waals surface area contributed by atoms with Crippen LogP contribution >= 0.6 is 0 Å². The normalized spacial score (nSPS) is 12.3. The number of alkyl halides is 2. The number of hydrogen-bond donors (Lipinski definition) is 2. The molecule has 2 N–H and O–H groups in total. The number of aliphatic hydroxyl groups is 1. The zero-order chi connectivity index (χ0) is 15.1. The summed E-state index contributed by atoms with van der Waals surface area (Å²) in [6.45, 7) is 0.0441. The molecule has 0 aliphatic carbocycles. The van der Waals surface area contributed by atoms with Gasteiger partial charge < -0.3 is 24.6 Å². The number of methoxy groups -OCH3 is 3. The Bertz CT molecular complexity index is 429. The molecule has 1 aromatic carbocycles. The number of benzene rings is 1. The van der Waals surface area contributed by atoms with E-state index in [-0.39, 0.29) is 13.1 Å². The molecule has 5 nitrogen and oxygen atoms in total. The highest BCUT2D eigenvalue weighted by Crippen LogP contribution is 2.39. The maximum atomic E-state index is 12.2. The average molecular weight is 291 g/mol. The second-order valence-electron chi connectivity index (χ2n) is 4.03. The van der Waals surface area contributed by atoms with Crippen molar-refractivity contribution in [3.63, 3.8) is 0 Å². The van der Waals surface area contributed by atoms with Gasteiger partial charge >= 0.3 is 0 Å². The third-order valence-electron chi connectivity index (χ3n) is 2.75. The van der Waals surface area contributed by atoms with Crippen LogP contribution in [0.25, 0.3) is 0 Å². The molecule has 0 bridgehead atoms. The minimum Gasteiger partial charge on any atom is -0.493 e. The molecule has 1 aromatic rings. The number of halogens is 2. The van der Waals surface area contributed by atoms with E-state index in [0.717, 1.165) is 0 Å². The number of nitrogens with one attached hydrogen (secondary N) is 1. The van der Waals surface area contributed by atoms with E-state index in [1.807, 2.05) is 0 Å². The molecule has 0 fully saturated rings. The predicted molar refractivity (Wildman–Crippen MR) is 69.8 cm³/mol. The molecule has 20 heavy (non-hydrogen) atoms. The van der Waals surface area contributed by atoms with Gasteiger partial charge in [0, 0.05) is 18.7 Å². The predicted octanol–water partition coefficient (Wildman–Crippen LogP) is 1.43. The highest BCUT2D eigenvalue weighted by atomic mass is 19.3. The van der Waals surface area contributed by atoms with Gasteiger partial charge in [-0.3, -0.25) is 0 Å². The van der Waals surface area contributed by atoms with Gasteiger partial charge in [0.1, 0.15) is 6.10 Å². The smallest absolute Gasteiger partial charge is 0.265 e. The fraction of sp³-hybridized carbons (Fsp3) is 0.538. The van der Waals surface area contributed by atoms with Gasteiger partial charge in [-0.2, -0.15) is 0 Å². The topological polar surface area (TPSA) is 60.0 Å². The molecule has 1 rings (SSSR count). The zero-order valence-electron chi connectivity index (χ0n) is 11.7. The average Bonchev–Trinajstić information content (AvgIpc) is 2.45. The number of aliphatic hydroxyl groups excluding tert-OH is 1. The van der Waals surface area contributed by atoms with Gasteiger partial charge in [-0.1, -0.05) is 6.07 Å². The lowest BCUT2D eigenvalue weighted by atomic mass is 10.1. The molecule has 0 amide bonds. The first-order valence-electron chi connectivity index (χ1n) is 5.99. The molecule has 1 atom stereocenters. The molecule has 0 aromatic heterocycles. The summed E-state index contributed by atoms with van der Waals surface area (Å²) in [7, 11) is 4.47. The van der Waals surface area contributed by atoms with Crippen molar-refractivity contribution in [1.82, 2.24) is 5.32 Å². The van der Waals surface area contributed by atoms with Gasteiger partial charge in [0.25, 0.3) is 6.43 Å². The highest BCUT2D eigenvalue weighted by molar-refractivity contribution is 5.55. The first kappa shape index (κ1) is 16.5. The van der Waals surface area contributed by atoms with Crippen molar-refractivity contribution >= 4 is 0 Å². The fourth-order valence-electron chi connectivity index (χ4n) is 1.75. The summed E-state index contributed by atoms with van der Waals surface area (Å²) in [4.78, 5) is 0. The largest absolute Gasteiger partial charge is 0.493 e. The molecule has 0 saturated carbocycles. The number of hydrogen-bond acceptors (Lipinski definition) is 5. The third-order valence-corrected chi connectivity index (χ3v) is 2.75. The Morgan fingerprint density at radius 2 is 1.75 bits per heavy atom. The van der Waals surface area contributed by atoms with E-state index >= 15 is 0 Å². The summed E-state index contributed by atoms with van der Waals surface area (Å²) in [6.07, 6.45) is -4.46.